The highest BCUT2D eigenvalue weighted by molar-refractivity contribution is 5.43. The summed E-state index contributed by atoms with van der Waals surface area (Å²) in [5.74, 6) is 0.0397. The highest BCUT2D eigenvalue weighted by atomic mass is 19.4. The molecule has 0 spiro atoms. The minimum absolute atomic E-state index is 0.0397. The van der Waals surface area contributed by atoms with Crippen LogP contribution in [0, 0.1) is 11.3 Å². The van der Waals surface area contributed by atoms with E-state index in [1.165, 1.54) is 12.1 Å². The Morgan fingerprint density at radius 1 is 1.18 bits per heavy atom. The Bertz CT molecular complexity index is 655. The number of nitrogens with zero attached hydrogens (tertiary/aromatic N) is 2. The van der Waals surface area contributed by atoms with Gasteiger partial charge >= 0.3 is 6.18 Å². The SMILES string of the molecule is CC(CNc1ccc(C#N)nc1)c1ccc(C(F)(F)F)cc1. The van der Waals surface area contributed by atoms with Crippen molar-refractivity contribution in [3.8, 4) is 6.07 Å². The van der Waals surface area contributed by atoms with Crippen LogP contribution < -0.4 is 5.32 Å². The van der Waals surface area contributed by atoms with Crippen molar-refractivity contribution in [1.29, 1.82) is 5.26 Å². The van der Waals surface area contributed by atoms with Gasteiger partial charge in [0.05, 0.1) is 17.4 Å². The normalized spacial score (nSPS) is 12.5. The van der Waals surface area contributed by atoms with Crippen molar-refractivity contribution in [2.75, 3.05) is 11.9 Å². The van der Waals surface area contributed by atoms with Gasteiger partial charge in [0, 0.05) is 6.54 Å². The van der Waals surface area contributed by atoms with E-state index >= 15 is 0 Å². The number of rotatable bonds is 4. The van der Waals surface area contributed by atoms with Crippen LogP contribution in [0.3, 0.4) is 0 Å². The predicted molar refractivity (Wildman–Crippen MR) is 77.3 cm³/mol. The van der Waals surface area contributed by atoms with Gasteiger partial charge in [0.15, 0.2) is 0 Å². The monoisotopic (exact) mass is 305 g/mol. The average Bonchev–Trinajstić information content (AvgIpc) is 2.52. The van der Waals surface area contributed by atoms with Crippen molar-refractivity contribution < 1.29 is 13.2 Å². The molecule has 6 heteroatoms. The smallest absolute Gasteiger partial charge is 0.383 e. The second kappa shape index (κ2) is 6.48. The molecule has 0 bridgehead atoms. The minimum Gasteiger partial charge on any atom is -0.383 e. The third-order valence-corrected chi connectivity index (χ3v) is 3.30. The van der Waals surface area contributed by atoms with Gasteiger partial charge in [0.25, 0.3) is 0 Å². The van der Waals surface area contributed by atoms with E-state index in [4.69, 9.17) is 5.26 Å². The van der Waals surface area contributed by atoms with Crippen LogP contribution in [0.1, 0.15) is 29.7 Å². The molecule has 0 aliphatic heterocycles. The molecule has 0 aliphatic rings. The Hall–Kier alpha value is -2.55. The largest absolute Gasteiger partial charge is 0.416 e. The summed E-state index contributed by atoms with van der Waals surface area (Å²) < 4.78 is 37.5. The molecule has 1 N–H and O–H groups in total. The molecule has 2 aromatic rings. The zero-order chi connectivity index (χ0) is 16.2. The molecular formula is C16H14F3N3. The van der Waals surface area contributed by atoms with Crippen molar-refractivity contribution in [2.24, 2.45) is 0 Å². The van der Waals surface area contributed by atoms with Crippen molar-refractivity contribution in [3.63, 3.8) is 0 Å². The number of benzene rings is 1. The molecule has 0 radical (unpaired) electrons. The van der Waals surface area contributed by atoms with Gasteiger partial charge in [-0.25, -0.2) is 4.98 Å². The van der Waals surface area contributed by atoms with Crippen LogP contribution >= 0.6 is 0 Å². The van der Waals surface area contributed by atoms with E-state index in [-0.39, 0.29) is 5.92 Å². The van der Waals surface area contributed by atoms with Crippen LogP contribution in [-0.2, 0) is 6.18 Å². The molecule has 1 atom stereocenters. The van der Waals surface area contributed by atoms with E-state index in [2.05, 4.69) is 10.3 Å². The number of pyridine rings is 1. The van der Waals surface area contributed by atoms with Crippen LogP contribution in [0.2, 0.25) is 0 Å². The third-order valence-electron chi connectivity index (χ3n) is 3.30. The van der Waals surface area contributed by atoms with Gasteiger partial charge in [-0.3, -0.25) is 0 Å². The predicted octanol–water partition coefficient (Wildman–Crippen LogP) is 4.19. The number of hydrogen-bond acceptors (Lipinski definition) is 3. The maximum Gasteiger partial charge on any atom is 0.416 e. The van der Waals surface area contributed by atoms with Gasteiger partial charge in [0.1, 0.15) is 11.8 Å². The van der Waals surface area contributed by atoms with E-state index in [0.29, 0.717) is 12.2 Å². The first-order valence-electron chi connectivity index (χ1n) is 6.67. The Morgan fingerprint density at radius 2 is 1.86 bits per heavy atom. The van der Waals surface area contributed by atoms with E-state index < -0.39 is 11.7 Å². The van der Waals surface area contributed by atoms with Crippen LogP contribution in [0.5, 0.6) is 0 Å². The molecule has 0 saturated heterocycles. The molecule has 1 heterocycles. The van der Waals surface area contributed by atoms with Gasteiger partial charge < -0.3 is 5.32 Å². The number of aromatic nitrogens is 1. The lowest BCUT2D eigenvalue weighted by Crippen LogP contribution is -2.11. The Balaban J connectivity index is 1.97. The van der Waals surface area contributed by atoms with Gasteiger partial charge in [-0.1, -0.05) is 19.1 Å². The average molecular weight is 305 g/mol. The van der Waals surface area contributed by atoms with Crippen LogP contribution in [0.25, 0.3) is 0 Å². The lowest BCUT2D eigenvalue weighted by molar-refractivity contribution is -0.137. The van der Waals surface area contributed by atoms with E-state index in [9.17, 15) is 13.2 Å². The summed E-state index contributed by atoms with van der Waals surface area (Å²) in [5, 5.41) is 11.8. The lowest BCUT2D eigenvalue weighted by atomic mass is 9.99. The summed E-state index contributed by atoms with van der Waals surface area (Å²) in [6.45, 7) is 2.48. The maximum atomic E-state index is 12.5. The molecule has 0 saturated carbocycles. The molecule has 1 aromatic carbocycles. The highest BCUT2D eigenvalue weighted by Gasteiger charge is 2.30. The Kier molecular flexibility index (Phi) is 4.66. The number of hydrogen-bond donors (Lipinski definition) is 1. The van der Waals surface area contributed by atoms with E-state index in [0.717, 1.165) is 23.4 Å². The third kappa shape index (κ3) is 3.98. The second-order valence-corrected chi connectivity index (χ2v) is 4.95. The van der Waals surface area contributed by atoms with E-state index in [1.54, 1.807) is 18.3 Å². The lowest BCUT2D eigenvalue weighted by Gasteiger charge is -2.15. The topological polar surface area (TPSA) is 48.7 Å². The minimum atomic E-state index is -4.31. The Labute approximate surface area is 126 Å². The molecule has 3 nitrogen and oxygen atoms in total. The molecule has 0 aliphatic carbocycles. The summed E-state index contributed by atoms with van der Waals surface area (Å²) >= 11 is 0. The van der Waals surface area contributed by atoms with Crippen molar-refractivity contribution in [3.05, 3.63) is 59.4 Å². The second-order valence-electron chi connectivity index (χ2n) is 4.95. The van der Waals surface area contributed by atoms with Crippen LogP contribution in [0.15, 0.2) is 42.6 Å². The first-order chi connectivity index (χ1) is 10.4. The zero-order valence-electron chi connectivity index (χ0n) is 11.9. The number of nitriles is 1. The summed E-state index contributed by atoms with van der Waals surface area (Å²) in [5.41, 5.74) is 1.27. The fourth-order valence-electron chi connectivity index (χ4n) is 1.95. The Morgan fingerprint density at radius 3 is 2.36 bits per heavy atom. The van der Waals surface area contributed by atoms with Crippen LogP contribution in [-0.4, -0.2) is 11.5 Å². The first kappa shape index (κ1) is 15.8. The van der Waals surface area contributed by atoms with Gasteiger partial charge in [-0.05, 0) is 35.7 Å². The quantitative estimate of drug-likeness (QED) is 0.921. The molecule has 1 unspecified atom stereocenters. The first-order valence-corrected chi connectivity index (χ1v) is 6.67. The van der Waals surface area contributed by atoms with Gasteiger partial charge in [-0.15, -0.1) is 0 Å². The van der Waals surface area contributed by atoms with Gasteiger partial charge in [-0.2, -0.15) is 18.4 Å². The van der Waals surface area contributed by atoms with E-state index in [1.807, 2.05) is 13.0 Å². The van der Waals surface area contributed by atoms with Gasteiger partial charge in [0.2, 0.25) is 0 Å². The van der Waals surface area contributed by atoms with Crippen molar-refractivity contribution >= 4 is 5.69 Å². The molecule has 2 rings (SSSR count). The van der Waals surface area contributed by atoms with Crippen molar-refractivity contribution in [2.45, 2.75) is 19.0 Å². The molecule has 22 heavy (non-hydrogen) atoms. The fraction of sp³-hybridized carbons (Fsp3) is 0.250. The summed E-state index contributed by atoms with van der Waals surface area (Å²) in [6, 6.07) is 10.4. The molecule has 114 valence electrons. The summed E-state index contributed by atoms with van der Waals surface area (Å²) in [4.78, 5) is 3.94. The molecular weight excluding hydrogens is 291 g/mol. The number of halogens is 3. The standard InChI is InChI=1S/C16H14F3N3/c1-11(9-21-15-7-6-14(8-20)22-10-15)12-2-4-13(5-3-12)16(17,18)19/h2-7,10-11,21H,9H2,1H3. The highest BCUT2D eigenvalue weighted by Crippen LogP contribution is 2.30. The summed E-state index contributed by atoms with van der Waals surface area (Å²) in [7, 11) is 0. The fourth-order valence-corrected chi connectivity index (χ4v) is 1.95. The number of nitrogens with one attached hydrogen (secondary N) is 1. The van der Waals surface area contributed by atoms with Crippen LogP contribution in [0.4, 0.5) is 18.9 Å². The number of alkyl halides is 3. The van der Waals surface area contributed by atoms with Crippen molar-refractivity contribution in [1.82, 2.24) is 4.98 Å². The maximum absolute atomic E-state index is 12.5. The molecule has 1 aromatic heterocycles. The molecule has 0 fully saturated rings. The molecule has 0 amide bonds. The summed E-state index contributed by atoms with van der Waals surface area (Å²) in [6.07, 6.45) is -2.76. The zero-order valence-corrected chi connectivity index (χ0v) is 11.9. The number of anilines is 1.